The van der Waals surface area contributed by atoms with E-state index in [1.807, 2.05) is 0 Å². The highest BCUT2D eigenvalue weighted by atomic mass is 35.5. The Balaban J connectivity index is 1.99. The summed E-state index contributed by atoms with van der Waals surface area (Å²) in [6.45, 7) is 2.65. The van der Waals surface area contributed by atoms with Gasteiger partial charge in [0.25, 0.3) is 0 Å². The summed E-state index contributed by atoms with van der Waals surface area (Å²) < 4.78 is 0. The van der Waals surface area contributed by atoms with E-state index >= 15 is 0 Å². The number of likely N-dealkylation sites (tertiary alicyclic amines) is 1. The number of hydrogen-bond acceptors (Lipinski definition) is 2. The fourth-order valence-electron chi connectivity index (χ4n) is 1.47. The molecule has 0 N–H and O–H groups in total. The molecule has 0 radical (unpaired) electrons. The molecule has 1 aromatic carbocycles. The fourth-order valence-corrected chi connectivity index (χ4v) is 1.60. The zero-order chi connectivity index (χ0) is 9.97. The van der Waals surface area contributed by atoms with Gasteiger partial charge >= 0.3 is 0 Å². The van der Waals surface area contributed by atoms with E-state index < -0.39 is 0 Å². The van der Waals surface area contributed by atoms with Crippen LogP contribution in [0.1, 0.15) is 16.8 Å². The van der Waals surface area contributed by atoms with Crippen molar-refractivity contribution in [2.24, 2.45) is 0 Å². The third-order valence-corrected chi connectivity index (χ3v) is 2.73. The van der Waals surface area contributed by atoms with Crippen molar-refractivity contribution < 1.29 is 4.79 Å². The maximum atomic E-state index is 11.7. The molecular formula is C11H12ClNO. The number of ketones is 1. The number of benzene rings is 1. The lowest BCUT2D eigenvalue weighted by Gasteiger charge is -2.29. The van der Waals surface area contributed by atoms with Crippen LogP contribution in [-0.2, 0) is 0 Å². The highest BCUT2D eigenvalue weighted by Crippen LogP contribution is 2.12. The van der Waals surface area contributed by atoms with Gasteiger partial charge in [-0.15, -0.1) is 0 Å². The van der Waals surface area contributed by atoms with Crippen molar-refractivity contribution in [3.05, 3.63) is 34.9 Å². The first-order valence-electron chi connectivity index (χ1n) is 4.77. The van der Waals surface area contributed by atoms with Crippen LogP contribution in [0.5, 0.6) is 0 Å². The molecule has 0 atom stereocenters. The fraction of sp³-hybridized carbons (Fsp3) is 0.364. The molecule has 1 aliphatic heterocycles. The largest absolute Gasteiger partial charge is 0.296 e. The Labute approximate surface area is 88.5 Å². The predicted octanol–water partition coefficient (Wildman–Crippen LogP) is 2.23. The molecule has 2 rings (SSSR count). The Bertz CT molecular complexity index is 330. The van der Waals surface area contributed by atoms with Crippen LogP contribution in [0.4, 0.5) is 0 Å². The molecule has 1 fully saturated rings. The van der Waals surface area contributed by atoms with Crippen molar-refractivity contribution >= 4 is 17.4 Å². The molecule has 0 aliphatic carbocycles. The van der Waals surface area contributed by atoms with E-state index in [2.05, 4.69) is 4.90 Å². The summed E-state index contributed by atoms with van der Waals surface area (Å²) in [5, 5.41) is 0.672. The number of carbonyl (C=O) groups is 1. The molecule has 1 heterocycles. The number of rotatable bonds is 3. The first-order chi connectivity index (χ1) is 6.75. The summed E-state index contributed by atoms with van der Waals surface area (Å²) in [4.78, 5) is 13.8. The van der Waals surface area contributed by atoms with Crippen molar-refractivity contribution in [3.8, 4) is 0 Å². The van der Waals surface area contributed by atoms with Crippen molar-refractivity contribution in [2.45, 2.75) is 6.42 Å². The van der Waals surface area contributed by atoms with Crippen LogP contribution < -0.4 is 0 Å². The average Bonchev–Trinajstić information content (AvgIpc) is 2.12. The van der Waals surface area contributed by atoms with E-state index in [0.717, 1.165) is 18.7 Å². The van der Waals surface area contributed by atoms with Gasteiger partial charge in [0, 0.05) is 10.6 Å². The van der Waals surface area contributed by atoms with Gasteiger partial charge in [0.05, 0.1) is 6.54 Å². The van der Waals surface area contributed by atoms with Crippen molar-refractivity contribution in [2.75, 3.05) is 19.6 Å². The second-order valence-corrected chi connectivity index (χ2v) is 4.00. The molecule has 1 aliphatic rings. The topological polar surface area (TPSA) is 20.3 Å². The molecule has 0 bridgehead atoms. The highest BCUT2D eigenvalue weighted by Gasteiger charge is 2.17. The Kier molecular flexibility index (Phi) is 2.85. The van der Waals surface area contributed by atoms with Gasteiger partial charge in [-0.1, -0.05) is 11.6 Å². The van der Waals surface area contributed by atoms with Crippen molar-refractivity contribution in [1.29, 1.82) is 0 Å². The van der Waals surface area contributed by atoms with Crippen LogP contribution in [0, 0.1) is 0 Å². The minimum atomic E-state index is 0.182. The van der Waals surface area contributed by atoms with Gasteiger partial charge in [0.1, 0.15) is 0 Å². The van der Waals surface area contributed by atoms with Gasteiger partial charge in [0.15, 0.2) is 5.78 Å². The molecule has 3 heteroatoms. The number of halogens is 1. The molecule has 74 valence electrons. The van der Waals surface area contributed by atoms with E-state index in [-0.39, 0.29) is 5.78 Å². The van der Waals surface area contributed by atoms with E-state index in [1.165, 1.54) is 6.42 Å². The van der Waals surface area contributed by atoms with Crippen LogP contribution in [-0.4, -0.2) is 30.3 Å². The van der Waals surface area contributed by atoms with Gasteiger partial charge < -0.3 is 0 Å². The van der Waals surface area contributed by atoms with Gasteiger partial charge in [0.2, 0.25) is 0 Å². The van der Waals surface area contributed by atoms with Crippen molar-refractivity contribution in [1.82, 2.24) is 4.90 Å². The van der Waals surface area contributed by atoms with Gasteiger partial charge in [-0.25, -0.2) is 0 Å². The molecule has 0 saturated carbocycles. The second-order valence-electron chi connectivity index (χ2n) is 3.56. The van der Waals surface area contributed by atoms with E-state index in [0.29, 0.717) is 11.6 Å². The zero-order valence-corrected chi connectivity index (χ0v) is 8.63. The van der Waals surface area contributed by atoms with Gasteiger partial charge in [-0.05, 0) is 43.8 Å². The minimum Gasteiger partial charge on any atom is -0.296 e. The molecular weight excluding hydrogens is 198 g/mol. The van der Waals surface area contributed by atoms with Crippen molar-refractivity contribution in [3.63, 3.8) is 0 Å². The number of Topliss-reactive ketones (excluding diaryl/α,β-unsaturated/α-hetero) is 1. The third kappa shape index (κ3) is 2.14. The lowest BCUT2D eigenvalue weighted by molar-refractivity contribution is 0.0875. The first kappa shape index (κ1) is 9.69. The van der Waals surface area contributed by atoms with Crippen LogP contribution in [0.3, 0.4) is 0 Å². The minimum absolute atomic E-state index is 0.182. The molecule has 1 saturated heterocycles. The molecule has 0 amide bonds. The average molecular weight is 210 g/mol. The van der Waals surface area contributed by atoms with Crippen LogP contribution in [0.15, 0.2) is 24.3 Å². The third-order valence-electron chi connectivity index (χ3n) is 2.48. The van der Waals surface area contributed by atoms with Gasteiger partial charge in [-0.2, -0.15) is 0 Å². The predicted molar refractivity (Wildman–Crippen MR) is 56.8 cm³/mol. The zero-order valence-electron chi connectivity index (χ0n) is 7.87. The van der Waals surface area contributed by atoms with Crippen LogP contribution in [0.25, 0.3) is 0 Å². The van der Waals surface area contributed by atoms with E-state index in [1.54, 1.807) is 24.3 Å². The second kappa shape index (κ2) is 4.11. The first-order valence-corrected chi connectivity index (χ1v) is 5.14. The molecule has 2 nitrogen and oxygen atoms in total. The van der Waals surface area contributed by atoms with Crippen LogP contribution in [0.2, 0.25) is 5.02 Å². The number of nitrogens with zero attached hydrogens (tertiary/aromatic N) is 1. The summed E-state index contributed by atoms with van der Waals surface area (Å²) in [6.07, 6.45) is 1.22. The molecule has 0 unspecified atom stereocenters. The standard InChI is InChI=1S/C11H12ClNO/c12-10-4-2-9(3-5-10)11(14)8-13-6-1-7-13/h2-5H,1,6-8H2. The maximum absolute atomic E-state index is 11.7. The summed E-state index contributed by atoms with van der Waals surface area (Å²) in [6, 6.07) is 7.07. The van der Waals surface area contributed by atoms with E-state index in [9.17, 15) is 4.79 Å². The Morgan fingerprint density at radius 3 is 2.43 bits per heavy atom. The Morgan fingerprint density at radius 2 is 1.93 bits per heavy atom. The SMILES string of the molecule is O=C(CN1CCC1)c1ccc(Cl)cc1. The number of hydrogen-bond donors (Lipinski definition) is 0. The Hall–Kier alpha value is -0.860. The lowest BCUT2D eigenvalue weighted by atomic mass is 10.1. The van der Waals surface area contributed by atoms with Crippen LogP contribution >= 0.6 is 11.6 Å². The van der Waals surface area contributed by atoms with E-state index in [4.69, 9.17) is 11.6 Å². The molecule has 1 aromatic rings. The number of carbonyl (C=O) groups excluding carboxylic acids is 1. The Morgan fingerprint density at radius 1 is 1.29 bits per heavy atom. The monoisotopic (exact) mass is 209 g/mol. The molecule has 0 aromatic heterocycles. The smallest absolute Gasteiger partial charge is 0.176 e. The quantitative estimate of drug-likeness (QED) is 0.712. The lowest BCUT2D eigenvalue weighted by Crippen LogP contribution is -2.40. The normalized spacial score (nSPS) is 16.4. The molecule has 14 heavy (non-hydrogen) atoms. The highest BCUT2D eigenvalue weighted by molar-refractivity contribution is 6.30. The molecule has 0 spiro atoms. The summed E-state index contributed by atoms with van der Waals surface area (Å²) >= 11 is 5.74. The maximum Gasteiger partial charge on any atom is 0.176 e. The summed E-state index contributed by atoms with van der Waals surface area (Å²) in [7, 11) is 0. The summed E-state index contributed by atoms with van der Waals surface area (Å²) in [5.41, 5.74) is 0.751. The van der Waals surface area contributed by atoms with Gasteiger partial charge in [-0.3, -0.25) is 9.69 Å². The summed E-state index contributed by atoms with van der Waals surface area (Å²) in [5.74, 6) is 0.182.